The van der Waals surface area contributed by atoms with Gasteiger partial charge in [-0.25, -0.2) is 0 Å². The van der Waals surface area contributed by atoms with E-state index in [4.69, 9.17) is 18.9 Å². The van der Waals surface area contributed by atoms with Crippen molar-refractivity contribution in [3.05, 3.63) is 46.5 Å². The van der Waals surface area contributed by atoms with Crippen LogP contribution in [0, 0.1) is 0 Å². The third-order valence-corrected chi connectivity index (χ3v) is 5.23. The van der Waals surface area contributed by atoms with Gasteiger partial charge in [0.1, 0.15) is 0 Å². The molecule has 2 aromatic carbocycles. The van der Waals surface area contributed by atoms with Crippen LogP contribution in [-0.2, 0) is 25.9 Å². The van der Waals surface area contributed by atoms with Crippen molar-refractivity contribution < 1.29 is 18.9 Å². The van der Waals surface area contributed by atoms with Crippen LogP contribution in [0.3, 0.4) is 0 Å². The second-order valence-electron chi connectivity index (χ2n) is 6.73. The largest absolute Gasteiger partial charge is 0.493 e. The molecule has 2 aromatic rings. The summed E-state index contributed by atoms with van der Waals surface area (Å²) in [7, 11) is 6.73. The van der Waals surface area contributed by atoms with E-state index in [0.29, 0.717) is 0 Å². The van der Waals surface area contributed by atoms with Crippen LogP contribution in [0.1, 0.15) is 22.3 Å². The quantitative estimate of drug-likeness (QED) is 0.843. The first-order valence-electron chi connectivity index (χ1n) is 9.60. The van der Waals surface area contributed by atoms with Crippen molar-refractivity contribution in [2.45, 2.75) is 25.9 Å². The molecular weight excluding hydrogens is 356 g/mol. The molecule has 0 fully saturated rings. The normalized spacial score (nSPS) is 14.7. The second-order valence-corrected chi connectivity index (χ2v) is 6.73. The minimum absolute atomic E-state index is 0.827. The van der Waals surface area contributed by atoms with Crippen molar-refractivity contribution in [3.63, 3.8) is 0 Å². The molecule has 0 spiro atoms. The zero-order valence-corrected chi connectivity index (χ0v) is 17.2. The first-order valence-corrected chi connectivity index (χ1v) is 9.60. The molecule has 0 atom stereocenters. The minimum Gasteiger partial charge on any atom is -0.493 e. The molecule has 2 heterocycles. The molecule has 6 nitrogen and oxygen atoms in total. The first-order chi connectivity index (χ1) is 13.7. The summed E-state index contributed by atoms with van der Waals surface area (Å²) >= 11 is 0. The Morgan fingerprint density at radius 1 is 0.607 bits per heavy atom. The van der Waals surface area contributed by atoms with Crippen LogP contribution in [0.4, 0.5) is 0 Å². The summed E-state index contributed by atoms with van der Waals surface area (Å²) in [5.74, 6) is 3.44. The fourth-order valence-electron chi connectivity index (χ4n) is 3.82. The van der Waals surface area contributed by atoms with Gasteiger partial charge in [-0.05, 0) is 49.2 Å². The van der Waals surface area contributed by atoms with Gasteiger partial charge in [0.15, 0.2) is 23.0 Å². The highest BCUT2D eigenvalue weighted by Crippen LogP contribution is 2.35. The Balaban J connectivity index is 0.000000161. The van der Waals surface area contributed by atoms with Crippen molar-refractivity contribution in [1.82, 2.24) is 10.6 Å². The maximum atomic E-state index is 5.38. The molecule has 152 valence electrons. The summed E-state index contributed by atoms with van der Waals surface area (Å²) in [5, 5.41) is 6.67. The smallest absolute Gasteiger partial charge is 0.164 e. The van der Waals surface area contributed by atoms with Gasteiger partial charge in [0.05, 0.1) is 28.4 Å². The Bertz CT molecular complexity index is 710. The van der Waals surface area contributed by atoms with Gasteiger partial charge in [0, 0.05) is 24.2 Å². The van der Waals surface area contributed by atoms with Gasteiger partial charge in [-0.15, -0.1) is 0 Å². The molecular formula is C22H30N2O4. The summed E-state index contributed by atoms with van der Waals surface area (Å²) in [6, 6.07) is 8.13. The third kappa shape index (κ3) is 4.18. The third-order valence-electron chi connectivity index (χ3n) is 5.23. The van der Waals surface area contributed by atoms with Gasteiger partial charge in [-0.2, -0.15) is 0 Å². The van der Waals surface area contributed by atoms with Gasteiger partial charge in [0.25, 0.3) is 0 Å². The molecule has 0 amide bonds. The average molecular weight is 386 g/mol. The van der Waals surface area contributed by atoms with Crippen LogP contribution in [-0.4, -0.2) is 41.5 Å². The van der Waals surface area contributed by atoms with E-state index in [9.17, 15) is 0 Å². The summed E-state index contributed by atoms with van der Waals surface area (Å²) in [6.45, 7) is 3.87. The van der Waals surface area contributed by atoms with Crippen LogP contribution in [0.15, 0.2) is 24.3 Å². The van der Waals surface area contributed by atoms with Crippen molar-refractivity contribution >= 4 is 0 Å². The fourth-order valence-corrected chi connectivity index (χ4v) is 3.82. The maximum absolute atomic E-state index is 5.38. The summed E-state index contributed by atoms with van der Waals surface area (Å²) in [4.78, 5) is 0. The second kappa shape index (κ2) is 9.66. The van der Waals surface area contributed by atoms with E-state index in [2.05, 4.69) is 22.8 Å². The van der Waals surface area contributed by atoms with Crippen molar-refractivity contribution in [2.24, 2.45) is 0 Å². The first kappa shape index (κ1) is 20.3. The lowest BCUT2D eigenvalue weighted by Gasteiger charge is -2.21. The predicted octanol–water partition coefficient (Wildman–Crippen LogP) is 2.70. The Kier molecular flexibility index (Phi) is 7.01. The van der Waals surface area contributed by atoms with Crippen LogP contribution >= 0.6 is 0 Å². The maximum Gasteiger partial charge on any atom is 0.164 e. The standard InChI is InChI=1S/2C11H15NO2/c2*1-13-10-4-3-8-7-12-6-5-9(8)11(10)14-2/h2*3-4,12H,5-7H2,1-2H3. The highest BCUT2D eigenvalue weighted by Gasteiger charge is 2.18. The summed E-state index contributed by atoms with van der Waals surface area (Å²) < 4.78 is 21.3. The van der Waals surface area contributed by atoms with E-state index in [-0.39, 0.29) is 0 Å². The SMILES string of the molecule is COc1ccc2c(c1OC)CCNC2.COc1ccc2c(c1OC)CCNC2. The molecule has 6 heteroatoms. The van der Waals surface area contributed by atoms with Crippen molar-refractivity contribution in [2.75, 3.05) is 41.5 Å². The van der Waals surface area contributed by atoms with Gasteiger partial charge in [-0.1, -0.05) is 12.1 Å². The molecule has 0 aliphatic carbocycles. The van der Waals surface area contributed by atoms with Gasteiger partial charge in [0.2, 0.25) is 0 Å². The Hall–Kier alpha value is -2.44. The number of methoxy groups -OCH3 is 4. The number of rotatable bonds is 4. The monoisotopic (exact) mass is 386 g/mol. The number of nitrogens with one attached hydrogen (secondary N) is 2. The van der Waals surface area contributed by atoms with Crippen LogP contribution < -0.4 is 29.6 Å². The summed E-state index contributed by atoms with van der Waals surface area (Å²) in [6.07, 6.45) is 2.02. The molecule has 4 rings (SSSR count). The molecule has 0 bridgehead atoms. The minimum atomic E-state index is 0.827. The van der Waals surface area contributed by atoms with E-state index in [1.165, 1.54) is 22.3 Å². The number of benzene rings is 2. The molecule has 2 N–H and O–H groups in total. The van der Waals surface area contributed by atoms with E-state index in [1.807, 2.05) is 12.1 Å². The van der Waals surface area contributed by atoms with E-state index < -0.39 is 0 Å². The van der Waals surface area contributed by atoms with Gasteiger partial charge in [-0.3, -0.25) is 0 Å². The number of hydrogen-bond acceptors (Lipinski definition) is 6. The predicted molar refractivity (Wildman–Crippen MR) is 110 cm³/mol. The topological polar surface area (TPSA) is 61.0 Å². The lowest BCUT2D eigenvalue weighted by Crippen LogP contribution is -2.24. The van der Waals surface area contributed by atoms with E-state index in [0.717, 1.165) is 62.0 Å². The Labute approximate surface area is 167 Å². The van der Waals surface area contributed by atoms with Crippen LogP contribution in [0.2, 0.25) is 0 Å². The van der Waals surface area contributed by atoms with Gasteiger partial charge >= 0.3 is 0 Å². The van der Waals surface area contributed by atoms with Gasteiger partial charge < -0.3 is 29.6 Å². The molecule has 28 heavy (non-hydrogen) atoms. The highest BCUT2D eigenvalue weighted by atomic mass is 16.5. The average Bonchev–Trinajstić information content (AvgIpc) is 2.77. The van der Waals surface area contributed by atoms with E-state index >= 15 is 0 Å². The molecule has 0 saturated carbocycles. The molecule has 0 saturated heterocycles. The molecule has 2 aliphatic rings. The Morgan fingerprint density at radius 3 is 1.39 bits per heavy atom. The molecule has 0 radical (unpaired) electrons. The van der Waals surface area contributed by atoms with Crippen LogP contribution in [0.25, 0.3) is 0 Å². The number of ether oxygens (including phenoxy) is 4. The van der Waals surface area contributed by atoms with Crippen molar-refractivity contribution in [3.8, 4) is 23.0 Å². The number of hydrogen-bond donors (Lipinski definition) is 2. The fraction of sp³-hybridized carbons (Fsp3) is 0.455. The molecule has 2 aliphatic heterocycles. The Morgan fingerprint density at radius 2 is 1.04 bits per heavy atom. The lowest BCUT2D eigenvalue weighted by molar-refractivity contribution is 0.349. The zero-order chi connectivity index (χ0) is 19.9. The summed E-state index contributed by atoms with van der Waals surface area (Å²) in [5.41, 5.74) is 5.19. The molecule has 0 unspecified atom stereocenters. The number of fused-ring (bicyclic) bond motifs is 2. The lowest BCUT2D eigenvalue weighted by atomic mass is 9.99. The highest BCUT2D eigenvalue weighted by molar-refractivity contribution is 5.52. The van der Waals surface area contributed by atoms with E-state index in [1.54, 1.807) is 28.4 Å². The van der Waals surface area contributed by atoms with Crippen molar-refractivity contribution in [1.29, 1.82) is 0 Å². The molecule has 0 aromatic heterocycles. The van der Waals surface area contributed by atoms with Crippen LogP contribution in [0.5, 0.6) is 23.0 Å². The zero-order valence-electron chi connectivity index (χ0n) is 17.2.